The average molecular weight is 264 g/mol. The number of rotatable bonds is 5. The Balaban J connectivity index is 1.96. The van der Waals surface area contributed by atoms with Gasteiger partial charge in [-0.25, -0.2) is 0 Å². The Morgan fingerprint density at radius 3 is 2.84 bits per heavy atom. The Morgan fingerprint density at radius 2 is 2.16 bits per heavy atom. The number of nitrogens with one attached hydrogen (secondary N) is 1. The highest BCUT2D eigenvalue weighted by atomic mass is 16.5. The molecule has 1 fully saturated rings. The van der Waals surface area contributed by atoms with Crippen molar-refractivity contribution in [1.82, 2.24) is 10.2 Å². The number of likely N-dealkylation sites (N-methyl/N-ethyl adjacent to an activating group) is 1. The molecule has 2 N–H and O–H groups in total. The Hall–Kier alpha value is -0.940. The van der Waals surface area contributed by atoms with E-state index < -0.39 is 5.60 Å². The molecule has 0 bridgehead atoms. The van der Waals surface area contributed by atoms with Crippen LogP contribution in [0.4, 0.5) is 0 Å². The first-order valence-electron chi connectivity index (χ1n) is 6.88. The summed E-state index contributed by atoms with van der Waals surface area (Å²) in [6, 6.07) is 9.86. The topological polar surface area (TPSA) is 44.7 Å². The molecule has 4 nitrogen and oxygen atoms in total. The Morgan fingerprint density at radius 1 is 1.42 bits per heavy atom. The van der Waals surface area contributed by atoms with Crippen molar-refractivity contribution in [2.24, 2.45) is 0 Å². The third-order valence-electron chi connectivity index (χ3n) is 3.58. The van der Waals surface area contributed by atoms with Gasteiger partial charge in [-0.15, -0.1) is 0 Å². The maximum atomic E-state index is 10.7. The number of β-amino-alcohol motifs (C(OH)–C–C–N with tert-alkyl or cyclic N) is 1. The molecular formula is C15H24N2O2. The fourth-order valence-electron chi connectivity index (χ4n) is 2.60. The predicted octanol–water partition coefficient (Wildman–Crippen LogP) is 0.814. The highest BCUT2D eigenvalue weighted by Crippen LogP contribution is 2.22. The number of nitrogens with zero attached hydrogens (tertiary/aromatic N) is 1. The second-order valence-electron chi connectivity index (χ2n) is 5.43. The lowest BCUT2D eigenvalue weighted by Crippen LogP contribution is -2.50. The van der Waals surface area contributed by atoms with Crippen molar-refractivity contribution in [3.63, 3.8) is 0 Å². The quantitative estimate of drug-likeness (QED) is 0.826. The number of aliphatic hydroxyl groups is 1. The molecule has 2 rings (SSSR count). The molecule has 2 atom stereocenters. The second-order valence-corrected chi connectivity index (χ2v) is 5.43. The molecular weight excluding hydrogens is 240 g/mol. The van der Waals surface area contributed by atoms with Gasteiger partial charge < -0.3 is 15.2 Å². The first-order chi connectivity index (χ1) is 9.12. The molecule has 0 radical (unpaired) electrons. The summed E-state index contributed by atoms with van der Waals surface area (Å²) in [6.45, 7) is 5.85. The minimum absolute atomic E-state index is 0.213. The van der Waals surface area contributed by atoms with Gasteiger partial charge in [-0.05, 0) is 19.5 Å². The van der Waals surface area contributed by atoms with Gasteiger partial charge in [0, 0.05) is 26.2 Å². The molecule has 1 saturated heterocycles. The van der Waals surface area contributed by atoms with Crippen LogP contribution >= 0.6 is 0 Å². The third kappa shape index (κ3) is 4.01. The van der Waals surface area contributed by atoms with E-state index in [0.29, 0.717) is 6.54 Å². The van der Waals surface area contributed by atoms with Crippen LogP contribution in [0.25, 0.3) is 0 Å². The first-order valence-corrected chi connectivity index (χ1v) is 6.88. The minimum Gasteiger partial charge on any atom is -0.384 e. The van der Waals surface area contributed by atoms with E-state index in [4.69, 9.17) is 4.74 Å². The summed E-state index contributed by atoms with van der Waals surface area (Å²) in [5.74, 6) is 0. The highest BCUT2D eigenvalue weighted by molar-refractivity contribution is 5.21. The largest absolute Gasteiger partial charge is 0.384 e. The Kier molecular flexibility index (Phi) is 4.93. The van der Waals surface area contributed by atoms with Crippen LogP contribution in [0.15, 0.2) is 30.3 Å². The highest BCUT2D eigenvalue weighted by Gasteiger charge is 2.29. The van der Waals surface area contributed by atoms with Crippen molar-refractivity contribution in [3.05, 3.63) is 35.9 Å². The monoisotopic (exact) mass is 264 g/mol. The number of benzene rings is 1. The normalized spacial score (nSPS) is 24.1. The van der Waals surface area contributed by atoms with E-state index >= 15 is 0 Å². The zero-order chi connectivity index (χ0) is 13.7. The molecule has 2 unspecified atom stereocenters. The maximum Gasteiger partial charge on any atom is 0.0994 e. The number of hydrogen-bond donors (Lipinski definition) is 2. The smallest absolute Gasteiger partial charge is 0.0994 e. The van der Waals surface area contributed by atoms with Crippen LogP contribution in [0.1, 0.15) is 12.5 Å². The lowest BCUT2D eigenvalue weighted by atomic mass is 9.95. The van der Waals surface area contributed by atoms with E-state index in [2.05, 4.69) is 10.2 Å². The van der Waals surface area contributed by atoms with E-state index in [1.54, 1.807) is 0 Å². The van der Waals surface area contributed by atoms with E-state index in [1.807, 2.05) is 44.3 Å². The van der Waals surface area contributed by atoms with E-state index in [-0.39, 0.29) is 6.10 Å². The molecule has 4 heteroatoms. The molecule has 0 aromatic heterocycles. The summed E-state index contributed by atoms with van der Waals surface area (Å²) in [4.78, 5) is 2.28. The van der Waals surface area contributed by atoms with Crippen molar-refractivity contribution in [1.29, 1.82) is 0 Å². The summed E-state index contributed by atoms with van der Waals surface area (Å²) in [7, 11) is 1.93. The van der Waals surface area contributed by atoms with Crippen LogP contribution in [-0.2, 0) is 10.3 Å². The fraction of sp³-hybridized carbons (Fsp3) is 0.600. The molecule has 0 aliphatic carbocycles. The zero-order valence-electron chi connectivity index (χ0n) is 11.8. The van der Waals surface area contributed by atoms with Crippen LogP contribution in [0, 0.1) is 0 Å². The summed E-state index contributed by atoms with van der Waals surface area (Å²) in [5.41, 5.74) is 0.148. The van der Waals surface area contributed by atoms with Gasteiger partial charge in [0.15, 0.2) is 0 Å². The van der Waals surface area contributed by atoms with E-state index in [0.717, 1.165) is 31.8 Å². The standard InChI is InChI=1S/C15H24N2O2/c1-15(18,13-6-4-3-5-7-13)12-17-8-9-19-14(11-17)10-16-2/h3-7,14,16,18H,8-12H2,1-2H3. The van der Waals surface area contributed by atoms with Gasteiger partial charge >= 0.3 is 0 Å². The second kappa shape index (κ2) is 6.48. The van der Waals surface area contributed by atoms with Crippen LogP contribution in [-0.4, -0.2) is 55.9 Å². The first kappa shape index (κ1) is 14.5. The van der Waals surface area contributed by atoms with Crippen molar-refractivity contribution in [3.8, 4) is 0 Å². The molecule has 106 valence electrons. The lowest BCUT2D eigenvalue weighted by molar-refractivity contribution is -0.0597. The van der Waals surface area contributed by atoms with Gasteiger partial charge in [-0.2, -0.15) is 0 Å². The van der Waals surface area contributed by atoms with Crippen LogP contribution in [0.5, 0.6) is 0 Å². The zero-order valence-corrected chi connectivity index (χ0v) is 11.8. The lowest BCUT2D eigenvalue weighted by Gasteiger charge is -2.37. The molecule has 0 spiro atoms. The molecule has 1 aromatic rings. The molecule has 1 aliphatic rings. The SMILES string of the molecule is CNCC1CN(CC(C)(O)c2ccccc2)CCO1. The van der Waals surface area contributed by atoms with Crippen molar-refractivity contribution < 1.29 is 9.84 Å². The minimum atomic E-state index is -0.817. The average Bonchev–Trinajstić information content (AvgIpc) is 2.40. The molecule has 19 heavy (non-hydrogen) atoms. The number of morpholine rings is 1. The van der Waals surface area contributed by atoms with Crippen LogP contribution in [0.3, 0.4) is 0 Å². The van der Waals surface area contributed by atoms with Gasteiger partial charge in [0.2, 0.25) is 0 Å². The number of hydrogen-bond acceptors (Lipinski definition) is 4. The summed E-state index contributed by atoms with van der Waals surface area (Å²) >= 11 is 0. The summed E-state index contributed by atoms with van der Waals surface area (Å²) < 4.78 is 5.68. The van der Waals surface area contributed by atoms with E-state index in [9.17, 15) is 5.11 Å². The van der Waals surface area contributed by atoms with Gasteiger partial charge in [-0.1, -0.05) is 30.3 Å². The maximum absolute atomic E-state index is 10.7. The van der Waals surface area contributed by atoms with Crippen molar-refractivity contribution >= 4 is 0 Å². The fourth-order valence-corrected chi connectivity index (χ4v) is 2.60. The number of ether oxygens (including phenoxy) is 1. The Bertz CT molecular complexity index is 379. The summed E-state index contributed by atoms with van der Waals surface area (Å²) in [5, 5.41) is 13.8. The molecule has 1 aliphatic heterocycles. The van der Waals surface area contributed by atoms with Gasteiger partial charge in [-0.3, -0.25) is 4.90 Å². The van der Waals surface area contributed by atoms with Crippen LogP contribution < -0.4 is 5.32 Å². The molecule has 0 saturated carbocycles. The third-order valence-corrected chi connectivity index (χ3v) is 3.58. The van der Waals surface area contributed by atoms with Gasteiger partial charge in [0.05, 0.1) is 18.3 Å². The van der Waals surface area contributed by atoms with Gasteiger partial charge in [0.1, 0.15) is 0 Å². The van der Waals surface area contributed by atoms with E-state index in [1.165, 1.54) is 0 Å². The van der Waals surface area contributed by atoms with Crippen molar-refractivity contribution in [2.75, 3.05) is 39.8 Å². The Labute approximate surface area is 115 Å². The molecule has 0 amide bonds. The predicted molar refractivity (Wildman–Crippen MR) is 76.1 cm³/mol. The van der Waals surface area contributed by atoms with Gasteiger partial charge in [0.25, 0.3) is 0 Å². The van der Waals surface area contributed by atoms with Crippen LogP contribution in [0.2, 0.25) is 0 Å². The molecule has 1 heterocycles. The molecule has 1 aromatic carbocycles. The summed E-state index contributed by atoms with van der Waals surface area (Å²) in [6.07, 6.45) is 0.213. The van der Waals surface area contributed by atoms with Crippen molar-refractivity contribution in [2.45, 2.75) is 18.6 Å².